The van der Waals surface area contributed by atoms with Crippen LogP contribution in [0, 0.1) is 18.3 Å². The lowest BCUT2D eigenvalue weighted by Gasteiger charge is -2.03. The van der Waals surface area contributed by atoms with Crippen LogP contribution in [0.25, 0.3) is 10.6 Å². The van der Waals surface area contributed by atoms with E-state index in [0.29, 0.717) is 12.3 Å². The second-order valence-corrected chi connectivity index (χ2v) is 4.70. The maximum absolute atomic E-state index is 8.89. The number of aromatic nitrogens is 1. The number of nitrogens with zero attached hydrogens (tertiary/aromatic N) is 2. The highest BCUT2D eigenvalue weighted by Gasteiger charge is 2.09. The fourth-order valence-electron chi connectivity index (χ4n) is 1.51. The molecule has 0 aliphatic rings. The lowest BCUT2D eigenvalue weighted by molar-refractivity contribution is 0.340. The molecule has 0 saturated heterocycles. The number of benzene rings is 1. The van der Waals surface area contributed by atoms with Crippen molar-refractivity contribution in [2.24, 2.45) is 0 Å². The van der Waals surface area contributed by atoms with Crippen LogP contribution in [0.5, 0.6) is 5.75 Å². The Morgan fingerprint density at radius 3 is 2.94 bits per heavy atom. The molecule has 0 spiro atoms. The monoisotopic (exact) mass is 244 g/mol. The highest BCUT2D eigenvalue weighted by Crippen LogP contribution is 2.29. The molecule has 1 heterocycles. The third-order valence-corrected chi connectivity index (χ3v) is 3.31. The molecule has 2 aromatic rings. The molecule has 0 saturated carbocycles. The Kier molecular flexibility index (Phi) is 3.40. The number of aryl methyl sites for hydroxylation is 1. The molecule has 0 fully saturated rings. The SMILES string of the molecule is CCOc1cccc(-c2nc(C#N)c(C)s2)c1. The zero-order valence-corrected chi connectivity index (χ0v) is 10.5. The van der Waals surface area contributed by atoms with Crippen molar-refractivity contribution in [3.8, 4) is 22.4 Å². The van der Waals surface area contributed by atoms with Crippen molar-refractivity contribution in [3.05, 3.63) is 34.8 Å². The van der Waals surface area contributed by atoms with Gasteiger partial charge in [0.05, 0.1) is 6.61 Å². The van der Waals surface area contributed by atoms with Crippen molar-refractivity contribution in [3.63, 3.8) is 0 Å². The Morgan fingerprint density at radius 2 is 2.29 bits per heavy atom. The van der Waals surface area contributed by atoms with Gasteiger partial charge in [0.1, 0.15) is 16.8 Å². The van der Waals surface area contributed by atoms with Crippen LogP contribution in [0.2, 0.25) is 0 Å². The summed E-state index contributed by atoms with van der Waals surface area (Å²) in [5, 5.41) is 9.75. The lowest BCUT2D eigenvalue weighted by atomic mass is 10.2. The molecule has 2 rings (SSSR count). The van der Waals surface area contributed by atoms with Gasteiger partial charge in [0.2, 0.25) is 0 Å². The molecule has 0 aliphatic carbocycles. The standard InChI is InChI=1S/C13H12N2OS/c1-3-16-11-6-4-5-10(7-11)13-15-12(8-14)9(2)17-13/h4-7H,3H2,1-2H3. The molecule has 4 heteroatoms. The second-order valence-electron chi connectivity index (χ2n) is 3.50. The van der Waals surface area contributed by atoms with Gasteiger partial charge in [0, 0.05) is 10.4 Å². The molecule has 0 aliphatic heterocycles. The van der Waals surface area contributed by atoms with Crippen molar-refractivity contribution < 1.29 is 4.74 Å². The van der Waals surface area contributed by atoms with E-state index in [1.54, 1.807) is 0 Å². The Morgan fingerprint density at radius 1 is 1.47 bits per heavy atom. The minimum atomic E-state index is 0.506. The molecule has 0 radical (unpaired) electrons. The fraction of sp³-hybridized carbons (Fsp3) is 0.231. The van der Waals surface area contributed by atoms with E-state index in [-0.39, 0.29) is 0 Å². The lowest BCUT2D eigenvalue weighted by Crippen LogP contribution is -1.91. The topological polar surface area (TPSA) is 45.9 Å². The first-order chi connectivity index (χ1) is 8.24. The van der Waals surface area contributed by atoms with Gasteiger partial charge in [-0.05, 0) is 26.0 Å². The van der Waals surface area contributed by atoms with E-state index in [1.807, 2.05) is 38.1 Å². The molecule has 0 unspecified atom stereocenters. The van der Waals surface area contributed by atoms with Gasteiger partial charge in [-0.15, -0.1) is 11.3 Å². The summed E-state index contributed by atoms with van der Waals surface area (Å²) < 4.78 is 5.44. The van der Waals surface area contributed by atoms with Gasteiger partial charge < -0.3 is 4.74 Å². The Hall–Kier alpha value is -1.86. The second kappa shape index (κ2) is 4.98. The van der Waals surface area contributed by atoms with Crippen molar-refractivity contribution in [2.75, 3.05) is 6.61 Å². The maximum atomic E-state index is 8.89. The van der Waals surface area contributed by atoms with E-state index in [1.165, 1.54) is 11.3 Å². The zero-order valence-electron chi connectivity index (χ0n) is 9.73. The van der Waals surface area contributed by atoms with Crippen molar-refractivity contribution in [1.29, 1.82) is 5.26 Å². The maximum Gasteiger partial charge on any atom is 0.155 e. The predicted molar refractivity (Wildman–Crippen MR) is 68.2 cm³/mol. The number of nitriles is 1. The molecule has 0 atom stereocenters. The van der Waals surface area contributed by atoms with Gasteiger partial charge in [-0.3, -0.25) is 0 Å². The number of ether oxygens (including phenoxy) is 1. The van der Waals surface area contributed by atoms with E-state index in [9.17, 15) is 0 Å². The van der Waals surface area contributed by atoms with E-state index in [2.05, 4.69) is 11.1 Å². The minimum absolute atomic E-state index is 0.506. The normalized spacial score (nSPS) is 9.94. The van der Waals surface area contributed by atoms with E-state index in [4.69, 9.17) is 10.00 Å². The summed E-state index contributed by atoms with van der Waals surface area (Å²) in [6.07, 6.45) is 0. The van der Waals surface area contributed by atoms with Crippen LogP contribution in [0.4, 0.5) is 0 Å². The molecule has 3 nitrogen and oxygen atoms in total. The average molecular weight is 244 g/mol. The molecular formula is C13H12N2OS. The van der Waals surface area contributed by atoms with Crippen LogP contribution in [0.15, 0.2) is 24.3 Å². The average Bonchev–Trinajstić information content (AvgIpc) is 2.71. The van der Waals surface area contributed by atoms with Gasteiger partial charge in [0.15, 0.2) is 5.69 Å². The third kappa shape index (κ3) is 2.45. The summed E-state index contributed by atoms with van der Waals surface area (Å²) in [7, 11) is 0. The molecular weight excluding hydrogens is 232 g/mol. The number of rotatable bonds is 3. The molecule has 1 aromatic carbocycles. The fourth-order valence-corrected chi connectivity index (χ4v) is 2.37. The first-order valence-corrected chi connectivity index (χ1v) is 6.17. The largest absolute Gasteiger partial charge is 0.494 e. The summed E-state index contributed by atoms with van der Waals surface area (Å²) in [5.41, 5.74) is 1.50. The predicted octanol–water partition coefficient (Wildman–Crippen LogP) is 3.39. The quantitative estimate of drug-likeness (QED) is 0.831. The first-order valence-electron chi connectivity index (χ1n) is 5.35. The Balaban J connectivity index is 2.39. The van der Waals surface area contributed by atoms with E-state index < -0.39 is 0 Å². The van der Waals surface area contributed by atoms with Crippen LogP contribution >= 0.6 is 11.3 Å². The van der Waals surface area contributed by atoms with Crippen LogP contribution < -0.4 is 4.74 Å². The van der Waals surface area contributed by atoms with Gasteiger partial charge >= 0.3 is 0 Å². The molecule has 86 valence electrons. The molecule has 0 bridgehead atoms. The van der Waals surface area contributed by atoms with Crippen LogP contribution in [0.1, 0.15) is 17.5 Å². The Bertz CT molecular complexity index is 569. The highest BCUT2D eigenvalue weighted by molar-refractivity contribution is 7.15. The van der Waals surface area contributed by atoms with Crippen molar-refractivity contribution in [2.45, 2.75) is 13.8 Å². The zero-order chi connectivity index (χ0) is 12.3. The first kappa shape index (κ1) is 11.6. The number of hydrogen-bond donors (Lipinski definition) is 0. The smallest absolute Gasteiger partial charge is 0.155 e. The van der Waals surface area contributed by atoms with Crippen LogP contribution in [-0.4, -0.2) is 11.6 Å². The van der Waals surface area contributed by atoms with Gasteiger partial charge in [-0.2, -0.15) is 5.26 Å². The summed E-state index contributed by atoms with van der Waals surface area (Å²) in [5.74, 6) is 0.830. The summed E-state index contributed by atoms with van der Waals surface area (Å²) in [6, 6.07) is 9.86. The molecule has 1 aromatic heterocycles. The summed E-state index contributed by atoms with van der Waals surface area (Å²) in [6.45, 7) is 4.50. The molecule has 17 heavy (non-hydrogen) atoms. The summed E-state index contributed by atoms with van der Waals surface area (Å²) >= 11 is 1.53. The third-order valence-electron chi connectivity index (χ3n) is 2.29. The van der Waals surface area contributed by atoms with Gasteiger partial charge in [-0.25, -0.2) is 4.98 Å². The molecule has 0 amide bonds. The summed E-state index contributed by atoms with van der Waals surface area (Å²) in [4.78, 5) is 5.25. The molecule has 0 N–H and O–H groups in total. The van der Waals surface area contributed by atoms with E-state index >= 15 is 0 Å². The van der Waals surface area contributed by atoms with Gasteiger partial charge in [-0.1, -0.05) is 12.1 Å². The number of hydrogen-bond acceptors (Lipinski definition) is 4. The van der Waals surface area contributed by atoms with Gasteiger partial charge in [0.25, 0.3) is 0 Å². The van der Waals surface area contributed by atoms with Crippen LogP contribution in [0.3, 0.4) is 0 Å². The minimum Gasteiger partial charge on any atom is -0.494 e. The van der Waals surface area contributed by atoms with Crippen molar-refractivity contribution in [1.82, 2.24) is 4.98 Å². The van der Waals surface area contributed by atoms with Crippen molar-refractivity contribution >= 4 is 11.3 Å². The Labute approximate surface area is 104 Å². The van der Waals surface area contributed by atoms with E-state index in [0.717, 1.165) is 21.2 Å². The van der Waals surface area contributed by atoms with Crippen LogP contribution in [-0.2, 0) is 0 Å². The highest BCUT2D eigenvalue weighted by atomic mass is 32.1. The number of thiazole rings is 1.